The predicted octanol–water partition coefficient (Wildman–Crippen LogP) is 2.15. The Morgan fingerprint density at radius 3 is 2.74 bits per heavy atom. The van der Waals surface area contributed by atoms with E-state index in [4.69, 9.17) is 4.74 Å². The number of aromatic amines is 2. The number of halogens is 5. The normalized spacial score (nSPS) is 17.4. The molecule has 5 heterocycles. The number of nitrogens with zero attached hydrogens (tertiary/aromatic N) is 5. The number of H-pyrrole nitrogens is 2. The summed E-state index contributed by atoms with van der Waals surface area (Å²) in [6, 6.07) is 1.94. The minimum atomic E-state index is -3.45. The first-order valence-corrected chi connectivity index (χ1v) is 10.0. The molecule has 10 nitrogen and oxygen atoms in total. The van der Waals surface area contributed by atoms with E-state index < -0.39 is 60.1 Å². The van der Waals surface area contributed by atoms with E-state index in [1.807, 2.05) is 0 Å². The monoisotopic (exact) mass is 495 g/mol. The first-order chi connectivity index (χ1) is 16.6. The molecule has 1 saturated heterocycles. The van der Waals surface area contributed by atoms with Crippen molar-refractivity contribution in [2.24, 2.45) is 0 Å². The first-order valence-electron chi connectivity index (χ1n) is 10.0. The Balaban J connectivity index is 1.50. The highest BCUT2D eigenvalue weighted by Gasteiger charge is 2.51. The van der Waals surface area contributed by atoms with E-state index in [1.54, 1.807) is 0 Å². The second kappa shape index (κ2) is 8.18. The van der Waals surface area contributed by atoms with Crippen LogP contribution >= 0.6 is 0 Å². The van der Waals surface area contributed by atoms with Gasteiger partial charge in [0.25, 0.3) is 12.0 Å². The standard InChI is InChI=1S/C20H14F5N7O3/c21-11-6-27-15(3-9(11)16(22)23)35-14-7-31(8-20(14,24)25)13-4-12(30-32-2-1-26-17(13)32)10-5-28-19(34)29-18(10)33/h1-6,14,16H,7-8H2,(H2,28,29,33,34)/t14-/m0/s1. The highest BCUT2D eigenvalue weighted by Crippen LogP contribution is 2.36. The molecule has 1 fully saturated rings. The topological polar surface area (TPSA) is 121 Å². The zero-order valence-electron chi connectivity index (χ0n) is 17.4. The predicted molar refractivity (Wildman–Crippen MR) is 110 cm³/mol. The zero-order valence-corrected chi connectivity index (χ0v) is 17.4. The van der Waals surface area contributed by atoms with Crippen molar-refractivity contribution in [2.45, 2.75) is 18.5 Å². The van der Waals surface area contributed by atoms with Gasteiger partial charge in [-0.25, -0.2) is 41.2 Å². The number of ether oxygens (including phenoxy) is 1. The maximum absolute atomic E-state index is 14.9. The van der Waals surface area contributed by atoms with Gasteiger partial charge in [0.1, 0.15) is 5.69 Å². The first kappa shape index (κ1) is 22.5. The quantitative estimate of drug-likeness (QED) is 0.407. The molecular weight excluding hydrogens is 481 g/mol. The number of rotatable bonds is 5. The Labute approximate surface area is 191 Å². The van der Waals surface area contributed by atoms with Crippen LogP contribution in [0.25, 0.3) is 16.9 Å². The van der Waals surface area contributed by atoms with E-state index in [2.05, 4.69) is 25.0 Å². The van der Waals surface area contributed by atoms with Gasteiger partial charge >= 0.3 is 11.6 Å². The van der Waals surface area contributed by atoms with Crippen LogP contribution in [0.2, 0.25) is 0 Å². The highest BCUT2D eigenvalue weighted by molar-refractivity contribution is 5.74. The maximum atomic E-state index is 14.9. The molecule has 4 aromatic heterocycles. The average Bonchev–Trinajstić information content (AvgIpc) is 3.38. The summed E-state index contributed by atoms with van der Waals surface area (Å²) in [4.78, 5) is 36.8. The van der Waals surface area contributed by atoms with Crippen molar-refractivity contribution in [1.29, 1.82) is 0 Å². The lowest BCUT2D eigenvalue weighted by atomic mass is 10.2. The summed E-state index contributed by atoms with van der Waals surface area (Å²) in [5.74, 6) is -5.31. The SMILES string of the molecule is O=c1[nH]cc(-c2cc(N3C[C@H](Oc4cc(C(F)F)c(F)cn4)C(F)(F)C3)c3nccn3n2)c(=O)[nH]1. The van der Waals surface area contributed by atoms with Crippen LogP contribution in [-0.4, -0.2) is 54.7 Å². The fourth-order valence-electron chi connectivity index (χ4n) is 3.74. The van der Waals surface area contributed by atoms with Gasteiger partial charge < -0.3 is 14.6 Å². The lowest BCUT2D eigenvalue weighted by molar-refractivity contribution is -0.0610. The van der Waals surface area contributed by atoms with Crippen LogP contribution in [0, 0.1) is 5.82 Å². The van der Waals surface area contributed by atoms with Crippen LogP contribution in [0.5, 0.6) is 5.88 Å². The summed E-state index contributed by atoms with van der Waals surface area (Å²) in [5.41, 5.74) is -2.06. The minimum absolute atomic E-state index is 0.0183. The van der Waals surface area contributed by atoms with Gasteiger partial charge in [-0.1, -0.05) is 0 Å². The summed E-state index contributed by atoms with van der Waals surface area (Å²) in [6.07, 6.45) is -0.550. The van der Waals surface area contributed by atoms with Crippen molar-refractivity contribution < 1.29 is 26.7 Å². The molecule has 0 amide bonds. The van der Waals surface area contributed by atoms with E-state index in [0.717, 1.165) is 6.20 Å². The van der Waals surface area contributed by atoms with Crippen LogP contribution < -0.4 is 20.9 Å². The van der Waals surface area contributed by atoms with Crippen LogP contribution in [0.3, 0.4) is 0 Å². The fourth-order valence-corrected chi connectivity index (χ4v) is 3.74. The Hall–Kier alpha value is -4.30. The number of alkyl halides is 4. The molecule has 0 spiro atoms. The fraction of sp³-hybridized carbons (Fsp3) is 0.250. The van der Waals surface area contributed by atoms with Gasteiger partial charge in [-0.15, -0.1) is 0 Å². The number of fused-ring (bicyclic) bond motifs is 1. The highest BCUT2D eigenvalue weighted by atomic mass is 19.3. The van der Waals surface area contributed by atoms with Gasteiger partial charge in [-0.3, -0.25) is 9.78 Å². The molecular formula is C20H14F5N7O3. The summed E-state index contributed by atoms with van der Waals surface area (Å²) >= 11 is 0. The van der Waals surface area contributed by atoms with Crippen LogP contribution in [-0.2, 0) is 0 Å². The molecule has 1 aliphatic rings. The Morgan fingerprint density at radius 2 is 2.00 bits per heavy atom. The second-order valence-corrected chi connectivity index (χ2v) is 7.69. The third kappa shape index (κ3) is 4.08. The zero-order chi connectivity index (χ0) is 24.9. The molecule has 0 radical (unpaired) electrons. The van der Waals surface area contributed by atoms with Crippen LogP contribution in [0.1, 0.15) is 12.0 Å². The molecule has 0 unspecified atom stereocenters. The van der Waals surface area contributed by atoms with Gasteiger partial charge in [0.15, 0.2) is 17.6 Å². The third-order valence-corrected chi connectivity index (χ3v) is 5.39. The average molecular weight is 495 g/mol. The van der Waals surface area contributed by atoms with E-state index >= 15 is 0 Å². The lowest BCUT2D eigenvalue weighted by Gasteiger charge is -2.19. The molecule has 35 heavy (non-hydrogen) atoms. The summed E-state index contributed by atoms with van der Waals surface area (Å²) in [5, 5.41) is 4.24. The summed E-state index contributed by atoms with van der Waals surface area (Å²) in [6.45, 7) is -1.25. The van der Waals surface area contributed by atoms with Crippen molar-refractivity contribution >= 4 is 11.3 Å². The van der Waals surface area contributed by atoms with Gasteiger partial charge in [0, 0.05) is 24.7 Å². The molecule has 0 bridgehead atoms. The Morgan fingerprint density at radius 1 is 1.20 bits per heavy atom. The van der Waals surface area contributed by atoms with Crippen molar-refractivity contribution in [3.05, 3.63) is 69.1 Å². The second-order valence-electron chi connectivity index (χ2n) is 7.69. The van der Waals surface area contributed by atoms with Gasteiger partial charge in [-0.05, 0) is 6.07 Å². The Kier molecular flexibility index (Phi) is 5.25. The van der Waals surface area contributed by atoms with E-state index in [-0.39, 0.29) is 22.6 Å². The summed E-state index contributed by atoms with van der Waals surface area (Å²) < 4.78 is 75.6. The summed E-state index contributed by atoms with van der Waals surface area (Å²) in [7, 11) is 0. The van der Waals surface area contributed by atoms with E-state index in [9.17, 15) is 31.5 Å². The molecule has 0 saturated carbocycles. The van der Waals surface area contributed by atoms with Crippen molar-refractivity contribution in [2.75, 3.05) is 18.0 Å². The molecule has 4 aromatic rings. The van der Waals surface area contributed by atoms with E-state index in [1.165, 1.54) is 27.9 Å². The van der Waals surface area contributed by atoms with Gasteiger partial charge in [0.2, 0.25) is 5.88 Å². The smallest absolute Gasteiger partial charge is 0.325 e. The van der Waals surface area contributed by atoms with Crippen LogP contribution in [0.15, 0.2) is 46.5 Å². The maximum Gasteiger partial charge on any atom is 0.325 e. The molecule has 5 rings (SSSR count). The molecule has 0 aromatic carbocycles. The van der Waals surface area contributed by atoms with Crippen molar-refractivity contribution in [3.63, 3.8) is 0 Å². The van der Waals surface area contributed by atoms with E-state index in [0.29, 0.717) is 12.3 Å². The molecule has 0 aliphatic carbocycles. The van der Waals surface area contributed by atoms with Gasteiger partial charge in [0.05, 0.1) is 36.1 Å². The Bertz CT molecular complexity index is 1530. The van der Waals surface area contributed by atoms with Crippen molar-refractivity contribution in [3.8, 4) is 17.1 Å². The molecule has 1 atom stereocenters. The number of hydrogen-bond acceptors (Lipinski definition) is 7. The van der Waals surface area contributed by atoms with Crippen molar-refractivity contribution in [1.82, 2.24) is 29.5 Å². The molecule has 2 N–H and O–H groups in total. The molecule has 182 valence electrons. The molecule has 15 heteroatoms. The number of nitrogens with one attached hydrogen (secondary N) is 2. The number of imidazole rings is 1. The lowest BCUT2D eigenvalue weighted by Crippen LogP contribution is -2.36. The van der Waals surface area contributed by atoms with Crippen LogP contribution in [0.4, 0.5) is 27.6 Å². The molecule has 1 aliphatic heterocycles. The largest absolute Gasteiger partial charge is 0.466 e. The number of aromatic nitrogens is 6. The van der Waals surface area contributed by atoms with Gasteiger partial charge in [-0.2, -0.15) is 5.10 Å². The minimum Gasteiger partial charge on any atom is -0.466 e. The number of anilines is 1. The number of hydrogen-bond donors (Lipinski definition) is 2. The number of pyridine rings is 1. The third-order valence-electron chi connectivity index (χ3n) is 5.39.